The summed E-state index contributed by atoms with van der Waals surface area (Å²) in [6, 6.07) is 3.36. The summed E-state index contributed by atoms with van der Waals surface area (Å²) in [5.74, 6) is 0.112. The van der Waals surface area contributed by atoms with Gasteiger partial charge in [-0.1, -0.05) is 17.7 Å². The minimum atomic E-state index is -2.80. The van der Waals surface area contributed by atoms with Crippen LogP contribution in [0.15, 0.2) is 52.9 Å². The van der Waals surface area contributed by atoms with Crippen molar-refractivity contribution in [3.8, 4) is 0 Å². The Kier molecular flexibility index (Phi) is 5.45. The number of nitrogens with zero attached hydrogens (tertiary/aromatic N) is 5. The molecule has 1 spiro atoms. The molecule has 1 unspecified atom stereocenters. The molecular weight excluding hydrogens is 503 g/mol. The fraction of sp³-hybridized carbons (Fsp3) is 0.318. The second-order valence-electron chi connectivity index (χ2n) is 8.68. The molecule has 0 aliphatic carbocycles. The third-order valence-electron chi connectivity index (χ3n) is 6.45. The van der Waals surface area contributed by atoms with Crippen LogP contribution in [0.1, 0.15) is 35.1 Å². The molecular formula is C22H19ClF3N7OS. The number of aliphatic imine (C=N–C) groups is 1. The van der Waals surface area contributed by atoms with E-state index in [4.69, 9.17) is 16.6 Å². The molecule has 0 radical (unpaired) electrons. The van der Waals surface area contributed by atoms with Gasteiger partial charge in [-0.2, -0.15) is 13.9 Å². The molecule has 3 aliphatic rings. The molecule has 35 heavy (non-hydrogen) atoms. The lowest BCUT2D eigenvalue weighted by Gasteiger charge is -2.32. The van der Waals surface area contributed by atoms with Crippen molar-refractivity contribution in [2.24, 2.45) is 4.99 Å². The van der Waals surface area contributed by atoms with Gasteiger partial charge in [0.25, 0.3) is 0 Å². The molecule has 2 aromatic heterocycles. The highest BCUT2D eigenvalue weighted by molar-refractivity contribution is 7.11. The Hall–Kier alpha value is -2.77. The molecule has 6 rings (SSSR count). The molecule has 5 heterocycles. The molecule has 2 saturated heterocycles. The molecule has 0 amide bonds. The average molecular weight is 522 g/mol. The van der Waals surface area contributed by atoms with E-state index in [2.05, 4.69) is 20.7 Å². The maximum atomic E-state index is 13.9. The zero-order valence-electron chi connectivity index (χ0n) is 18.0. The number of thiazole rings is 1. The van der Waals surface area contributed by atoms with Crippen molar-refractivity contribution < 1.29 is 18.3 Å². The highest BCUT2D eigenvalue weighted by atomic mass is 35.5. The first-order valence-corrected chi connectivity index (χ1v) is 12.0. The Balaban J connectivity index is 1.57. The third-order valence-corrected chi connectivity index (χ3v) is 7.55. The number of aliphatic hydroxyl groups is 1. The van der Waals surface area contributed by atoms with Crippen LogP contribution in [0.3, 0.4) is 0 Å². The van der Waals surface area contributed by atoms with E-state index < -0.39 is 30.3 Å². The van der Waals surface area contributed by atoms with Crippen molar-refractivity contribution in [2.75, 3.05) is 13.1 Å². The van der Waals surface area contributed by atoms with Crippen LogP contribution < -0.4 is 10.6 Å². The van der Waals surface area contributed by atoms with E-state index in [0.717, 1.165) is 5.70 Å². The van der Waals surface area contributed by atoms with Gasteiger partial charge in [0.2, 0.25) is 0 Å². The van der Waals surface area contributed by atoms with Gasteiger partial charge in [0.05, 0.1) is 11.7 Å². The fourth-order valence-electron chi connectivity index (χ4n) is 4.99. The molecule has 0 saturated carbocycles. The number of aromatic nitrogens is 3. The van der Waals surface area contributed by atoms with E-state index in [-0.39, 0.29) is 5.02 Å². The normalized spacial score (nSPS) is 26.2. The lowest BCUT2D eigenvalue weighted by atomic mass is 9.89. The number of rotatable bonds is 4. The summed E-state index contributed by atoms with van der Waals surface area (Å²) >= 11 is 7.89. The highest BCUT2D eigenvalue weighted by Gasteiger charge is 2.50. The second-order valence-corrected chi connectivity index (χ2v) is 9.98. The van der Waals surface area contributed by atoms with Crippen LogP contribution in [0.5, 0.6) is 0 Å². The molecule has 8 nitrogen and oxygen atoms in total. The predicted octanol–water partition coefficient (Wildman–Crippen LogP) is 3.35. The fourth-order valence-corrected chi connectivity index (χ4v) is 5.90. The summed E-state index contributed by atoms with van der Waals surface area (Å²) in [7, 11) is 0. The second kappa shape index (κ2) is 8.42. The number of alkyl halides is 2. The molecule has 3 atom stereocenters. The molecule has 182 valence electrons. The highest BCUT2D eigenvalue weighted by Crippen LogP contribution is 2.48. The molecule has 2 fully saturated rings. The summed E-state index contributed by atoms with van der Waals surface area (Å²) < 4.78 is 41.3. The van der Waals surface area contributed by atoms with Crippen LogP contribution in [-0.4, -0.2) is 55.6 Å². The van der Waals surface area contributed by atoms with Crippen LogP contribution in [0.25, 0.3) is 5.57 Å². The minimum Gasteiger partial charge on any atom is -0.365 e. The molecule has 3 N–H and O–H groups in total. The van der Waals surface area contributed by atoms with E-state index in [9.17, 15) is 18.3 Å². The van der Waals surface area contributed by atoms with Crippen LogP contribution >= 0.6 is 22.9 Å². The smallest absolute Gasteiger partial charge is 0.333 e. The van der Waals surface area contributed by atoms with Gasteiger partial charge in [0, 0.05) is 59.1 Å². The number of halogens is 4. The number of benzene rings is 1. The summed E-state index contributed by atoms with van der Waals surface area (Å²) in [5.41, 5.74) is 1.95. The third kappa shape index (κ3) is 3.85. The van der Waals surface area contributed by atoms with Gasteiger partial charge in [-0.05, 0) is 17.7 Å². The lowest BCUT2D eigenvalue weighted by Crippen LogP contribution is -2.48. The van der Waals surface area contributed by atoms with Crippen LogP contribution in [0.2, 0.25) is 5.02 Å². The van der Waals surface area contributed by atoms with Crippen molar-refractivity contribution in [3.63, 3.8) is 0 Å². The zero-order valence-corrected chi connectivity index (χ0v) is 19.6. The molecule has 3 aromatic rings. The number of hydrogen-bond acceptors (Lipinski definition) is 8. The standard InChI is InChI=1S/C22H19ClF3N7OS/c23-14-5-12(24)1-2-13(14)17-16(11-7-29-33(8-11)20(25)26)15-6-22(9-28-21(34)31-22)10-32(15)18(30-17)19-27-3-4-35-19/h1-5,7-8,17,20-21,28,31,34H,6,9-10H2/t17-,21?,22-/m0/s1. The van der Waals surface area contributed by atoms with Gasteiger partial charge in [-0.15, -0.1) is 11.3 Å². The minimum absolute atomic E-state index is 0.175. The van der Waals surface area contributed by atoms with Crippen molar-refractivity contribution in [3.05, 3.63) is 74.8 Å². The Morgan fingerprint density at radius 1 is 1.31 bits per heavy atom. The van der Waals surface area contributed by atoms with E-state index in [1.807, 2.05) is 10.3 Å². The maximum Gasteiger partial charge on any atom is 0.333 e. The first-order chi connectivity index (χ1) is 16.8. The van der Waals surface area contributed by atoms with Crippen molar-refractivity contribution in [1.82, 2.24) is 30.3 Å². The molecule has 0 bridgehead atoms. The lowest BCUT2D eigenvalue weighted by molar-refractivity contribution is 0.0566. The van der Waals surface area contributed by atoms with Crippen molar-refractivity contribution in [1.29, 1.82) is 0 Å². The van der Waals surface area contributed by atoms with Gasteiger partial charge < -0.3 is 10.0 Å². The summed E-state index contributed by atoms with van der Waals surface area (Å²) in [6.07, 6.45) is 3.94. The average Bonchev–Trinajstić information content (AvgIpc) is 3.60. The largest absolute Gasteiger partial charge is 0.365 e. The Bertz CT molecular complexity index is 1340. The molecule has 1 aromatic carbocycles. The van der Waals surface area contributed by atoms with Crippen molar-refractivity contribution in [2.45, 2.75) is 30.9 Å². The van der Waals surface area contributed by atoms with Gasteiger partial charge in [0.1, 0.15) is 11.9 Å². The first kappa shape index (κ1) is 22.7. The van der Waals surface area contributed by atoms with E-state index in [0.29, 0.717) is 51.7 Å². The number of hydrogen-bond donors (Lipinski definition) is 3. The van der Waals surface area contributed by atoms with Gasteiger partial charge >= 0.3 is 6.55 Å². The van der Waals surface area contributed by atoms with Gasteiger partial charge in [-0.25, -0.2) is 14.1 Å². The predicted molar refractivity (Wildman–Crippen MR) is 124 cm³/mol. The van der Waals surface area contributed by atoms with Crippen LogP contribution in [0.4, 0.5) is 13.2 Å². The topological polar surface area (TPSA) is 90.6 Å². The van der Waals surface area contributed by atoms with Crippen LogP contribution in [-0.2, 0) is 0 Å². The van der Waals surface area contributed by atoms with E-state index >= 15 is 0 Å². The van der Waals surface area contributed by atoms with Crippen LogP contribution in [0, 0.1) is 5.82 Å². The summed E-state index contributed by atoms with van der Waals surface area (Å²) in [6.45, 7) is -1.84. The monoisotopic (exact) mass is 521 g/mol. The SMILES string of the molecule is OC1NC[C@]2(CC3=C(c4cnn(C(F)F)c4)[C@H](c4ccc(F)cc4Cl)N=C(c4nccs4)N3C2)N1. The van der Waals surface area contributed by atoms with Gasteiger partial charge in [0.15, 0.2) is 17.2 Å². The Morgan fingerprint density at radius 3 is 2.83 bits per heavy atom. The Labute approximate surface area is 206 Å². The van der Waals surface area contributed by atoms with E-state index in [1.54, 1.807) is 12.3 Å². The quantitative estimate of drug-likeness (QED) is 0.488. The molecule has 3 aliphatic heterocycles. The first-order valence-electron chi connectivity index (χ1n) is 10.8. The zero-order chi connectivity index (χ0) is 24.3. The van der Waals surface area contributed by atoms with Gasteiger partial charge in [-0.3, -0.25) is 15.6 Å². The maximum absolute atomic E-state index is 13.9. The molecule has 13 heteroatoms. The Morgan fingerprint density at radius 2 is 2.17 bits per heavy atom. The number of fused-ring (bicyclic) bond motifs is 1. The van der Waals surface area contributed by atoms with E-state index in [1.165, 1.54) is 35.9 Å². The number of amidine groups is 1. The summed E-state index contributed by atoms with van der Waals surface area (Å²) in [4.78, 5) is 11.5. The summed E-state index contributed by atoms with van der Waals surface area (Å²) in [5, 5.41) is 22.9. The van der Waals surface area contributed by atoms with Crippen molar-refractivity contribution >= 4 is 34.3 Å². The number of aliphatic hydroxyl groups excluding tert-OH is 1. The number of nitrogens with one attached hydrogen (secondary N) is 2.